The maximum absolute atomic E-state index is 9.53. The van der Waals surface area contributed by atoms with Crippen molar-refractivity contribution in [1.82, 2.24) is 0 Å². The molecule has 0 rings (SSSR count). The molecule has 0 aromatic heterocycles. The van der Waals surface area contributed by atoms with E-state index in [-0.39, 0.29) is 5.92 Å². The summed E-state index contributed by atoms with van der Waals surface area (Å²) in [7, 11) is 0. The van der Waals surface area contributed by atoms with Gasteiger partial charge in [0.2, 0.25) is 0 Å². The number of allylic oxidation sites excluding steroid dienone is 3. The van der Waals surface area contributed by atoms with Gasteiger partial charge in [-0.15, -0.1) is 0 Å². The van der Waals surface area contributed by atoms with Gasteiger partial charge in [-0.25, -0.2) is 0 Å². The molecule has 3 heteroatoms. The number of rotatable bonds is 6. The normalized spacial score (nSPS) is 13.9. The average Bonchev–Trinajstić information content (AvgIpc) is 2.42. The third-order valence-corrected chi connectivity index (χ3v) is 1.89. The van der Waals surface area contributed by atoms with Gasteiger partial charge in [0.15, 0.2) is 6.29 Å². The molecule has 2 atom stereocenters. The average molecular weight is 259 g/mol. The van der Waals surface area contributed by atoms with Crippen LogP contribution in [0.25, 0.3) is 0 Å². The molecule has 2 unspecified atom stereocenters. The van der Waals surface area contributed by atoms with Gasteiger partial charge in [0, 0.05) is 6.42 Å². The molecular formula is C15H33NO2. The van der Waals surface area contributed by atoms with Crippen molar-refractivity contribution in [3.63, 3.8) is 0 Å². The molecule has 0 saturated heterocycles. The molecule has 0 amide bonds. The second kappa shape index (κ2) is 18.6. The second-order valence-corrected chi connectivity index (χ2v) is 3.34. The summed E-state index contributed by atoms with van der Waals surface area (Å²) in [6.07, 6.45) is 5.29. The Kier molecular flexibility index (Phi) is 23.1. The highest BCUT2D eigenvalue weighted by atomic mass is 16.6. The Morgan fingerprint density at radius 3 is 2.06 bits per heavy atom. The zero-order valence-electron chi connectivity index (χ0n) is 13.2. The Morgan fingerprint density at radius 2 is 1.72 bits per heavy atom. The highest BCUT2D eigenvalue weighted by molar-refractivity contribution is 5.09. The monoisotopic (exact) mass is 259 g/mol. The fourth-order valence-corrected chi connectivity index (χ4v) is 1.01. The van der Waals surface area contributed by atoms with Crippen LogP contribution in [0.2, 0.25) is 0 Å². The molecule has 0 spiro atoms. The Hall–Kier alpha value is -0.800. The number of hydrogen-bond acceptors (Lipinski definition) is 3. The van der Waals surface area contributed by atoms with Gasteiger partial charge in [0.05, 0.1) is 0 Å². The second-order valence-electron chi connectivity index (χ2n) is 3.34. The maximum Gasteiger partial charge on any atom is 0.197 e. The topological polar surface area (TPSA) is 55.5 Å². The lowest BCUT2D eigenvalue weighted by molar-refractivity contribution is -0.0731. The van der Waals surface area contributed by atoms with E-state index in [2.05, 4.69) is 0 Å². The smallest absolute Gasteiger partial charge is 0.197 e. The van der Waals surface area contributed by atoms with Crippen molar-refractivity contribution < 1.29 is 9.84 Å². The molecule has 0 aliphatic carbocycles. The van der Waals surface area contributed by atoms with Crippen LogP contribution in [0.4, 0.5) is 0 Å². The number of hydrogen-bond donors (Lipinski definition) is 2. The summed E-state index contributed by atoms with van der Waals surface area (Å²) in [4.78, 5) is 0. The van der Waals surface area contributed by atoms with E-state index in [1.165, 1.54) is 0 Å². The van der Waals surface area contributed by atoms with Crippen LogP contribution < -0.4 is 5.73 Å². The zero-order valence-corrected chi connectivity index (χ0v) is 13.2. The van der Waals surface area contributed by atoms with Crippen molar-refractivity contribution >= 4 is 0 Å². The van der Waals surface area contributed by atoms with Crippen molar-refractivity contribution in [3.05, 3.63) is 24.0 Å². The largest absolute Gasteiger partial charge is 0.466 e. The van der Waals surface area contributed by atoms with Crippen LogP contribution in [0.5, 0.6) is 0 Å². The molecule has 18 heavy (non-hydrogen) atoms. The molecule has 0 heterocycles. The first-order valence-corrected chi connectivity index (χ1v) is 6.97. The van der Waals surface area contributed by atoms with E-state index in [0.29, 0.717) is 18.7 Å². The first-order chi connectivity index (χ1) is 8.63. The van der Waals surface area contributed by atoms with Gasteiger partial charge in [0.25, 0.3) is 0 Å². The Labute approximate surface area is 114 Å². The molecular weight excluding hydrogens is 226 g/mol. The van der Waals surface area contributed by atoms with Crippen molar-refractivity contribution in [2.24, 2.45) is 11.7 Å². The summed E-state index contributed by atoms with van der Waals surface area (Å²) >= 11 is 0. The lowest BCUT2D eigenvalue weighted by Gasteiger charge is -2.17. The summed E-state index contributed by atoms with van der Waals surface area (Å²) in [6.45, 7) is 14.3. The van der Waals surface area contributed by atoms with Crippen LogP contribution in [-0.4, -0.2) is 17.9 Å². The molecule has 0 aliphatic heterocycles. The van der Waals surface area contributed by atoms with Gasteiger partial charge in [-0.3, -0.25) is 0 Å². The van der Waals surface area contributed by atoms with Gasteiger partial charge < -0.3 is 15.6 Å². The third-order valence-electron chi connectivity index (χ3n) is 1.89. The molecule has 0 bridgehead atoms. The quantitative estimate of drug-likeness (QED) is 0.433. The van der Waals surface area contributed by atoms with E-state index < -0.39 is 6.29 Å². The van der Waals surface area contributed by atoms with E-state index in [1.807, 2.05) is 66.7 Å². The predicted octanol–water partition coefficient (Wildman–Crippen LogP) is 3.84. The number of aliphatic hydroxyl groups excluding tert-OH is 1. The molecule has 0 saturated carbocycles. The predicted molar refractivity (Wildman–Crippen MR) is 81.2 cm³/mol. The first kappa shape index (κ1) is 22.4. The van der Waals surface area contributed by atoms with E-state index in [9.17, 15) is 5.11 Å². The Balaban J connectivity index is -0.000000506. The summed E-state index contributed by atoms with van der Waals surface area (Å²) in [5, 5.41) is 9.53. The van der Waals surface area contributed by atoms with Crippen LogP contribution in [0.15, 0.2) is 24.0 Å². The molecule has 110 valence electrons. The van der Waals surface area contributed by atoms with E-state index in [4.69, 9.17) is 10.5 Å². The van der Waals surface area contributed by atoms with Crippen LogP contribution in [-0.2, 0) is 4.74 Å². The van der Waals surface area contributed by atoms with E-state index >= 15 is 0 Å². The number of aliphatic hydroxyl groups is 1. The van der Waals surface area contributed by atoms with Crippen molar-refractivity contribution in [2.45, 2.75) is 61.2 Å². The van der Waals surface area contributed by atoms with Gasteiger partial charge in [-0.1, -0.05) is 40.7 Å². The minimum absolute atomic E-state index is 0.272. The van der Waals surface area contributed by atoms with Crippen molar-refractivity contribution in [2.75, 3.05) is 6.54 Å². The fourth-order valence-electron chi connectivity index (χ4n) is 1.01. The highest BCUT2D eigenvalue weighted by Gasteiger charge is 2.10. The van der Waals surface area contributed by atoms with Gasteiger partial charge in [-0.05, 0) is 38.5 Å². The molecule has 0 aromatic rings. The molecule has 0 radical (unpaired) electrons. The lowest BCUT2D eigenvalue weighted by Crippen LogP contribution is -2.20. The van der Waals surface area contributed by atoms with E-state index in [1.54, 1.807) is 0 Å². The van der Waals surface area contributed by atoms with Crippen LogP contribution in [0, 0.1) is 5.92 Å². The van der Waals surface area contributed by atoms with Gasteiger partial charge in [0.1, 0.15) is 5.76 Å². The SMILES string of the molecule is C/C=C\C(=C/C)OC(O)CC(C)CN.CC.CC. The highest BCUT2D eigenvalue weighted by Crippen LogP contribution is 2.10. The van der Waals surface area contributed by atoms with Gasteiger partial charge in [-0.2, -0.15) is 0 Å². The van der Waals surface area contributed by atoms with Crippen LogP contribution in [0.3, 0.4) is 0 Å². The summed E-state index contributed by atoms with van der Waals surface area (Å²) in [5.74, 6) is 0.956. The van der Waals surface area contributed by atoms with Crippen molar-refractivity contribution in [1.29, 1.82) is 0 Å². The molecule has 3 nitrogen and oxygen atoms in total. The number of nitrogens with two attached hydrogens (primary N) is 1. The summed E-state index contributed by atoms with van der Waals surface area (Å²) < 4.78 is 5.29. The third kappa shape index (κ3) is 15.2. The van der Waals surface area contributed by atoms with E-state index in [0.717, 1.165) is 0 Å². The standard InChI is InChI=1S/C11H21NO2.2C2H6/c1-4-6-10(5-2)14-11(13)7-9(3)8-12;2*1-2/h4-6,9,11,13H,7-8,12H2,1-3H3;2*1-2H3/b6-4-,10-5+;;. The van der Waals surface area contributed by atoms with Crippen molar-refractivity contribution in [3.8, 4) is 0 Å². The van der Waals surface area contributed by atoms with Crippen LogP contribution >= 0.6 is 0 Å². The number of ether oxygens (including phenoxy) is 1. The molecule has 3 N–H and O–H groups in total. The Bertz CT molecular complexity index is 201. The molecule has 0 aromatic carbocycles. The summed E-state index contributed by atoms with van der Waals surface area (Å²) in [6, 6.07) is 0. The lowest BCUT2D eigenvalue weighted by atomic mass is 10.1. The zero-order chi connectivity index (χ0) is 15.0. The first-order valence-electron chi connectivity index (χ1n) is 6.97. The van der Waals surface area contributed by atoms with Gasteiger partial charge >= 0.3 is 0 Å². The summed E-state index contributed by atoms with van der Waals surface area (Å²) in [5.41, 5.74) is 5.45. The Morgan fingerprint density at radius 1 is 1.22 bits per heavy atom. The molecule has 0 fully saturated rings. The fraction of sp³-hybridized carbons (Fsp3) is 0.733. The minimum atomic E-state index is -0.768. The molecule has 0 aliphatic rings. The maximum atomic E-state index is 9.53. The van der Waals surface area contributed by atoms with Crippen LogP contribution in [0.1, 0.15) is 54.9 Å². The minimum Gasteiger partial charge on any atom is -0.466 e.